The number of halogens is 1. The molecular weight excluding hydrogens is 197 g/mol. The highest BCUT2D eigenvalue weighted by molar-refractivity contribution is 5.88. The molecule has 0 amide bonds. The molecule has 15 heavy (non-hydrogen) atoms. The molecule has 0 radical (unpaired) electrons. The molecule has 0 saturated heterocycles. The maximum Gasteiger partial charge on any atom is 0.338 e. The first-order valence-corrected chi connectivity index (χ1v) is 4.21. The molecule has 1 N–H and O–H groups in total. The number of nitrogens with zero attached hydrogens (tertiary/aromatic N) is 1. The van der Waals surface area contributed by atoms with E-state index in [0.29, 0.717) is 5.56 Å². The summed E-state index contributed by atoms with van der Waals surface area (Å²) >= 11 is 0. The predicted octanol–water partition coefficient (Wildman–Crippen LogP) is 2.45. The van der Waals surface area contributed by atoms with Crippen LogP contribution in [0.25, 0.3) is 6.08 Å². The molecule has 4 heteroatoms. The van der Waals surface area contributed by atoms with Gasteiger partial charge in [0.1, 0.15) is 5.82 Å². The fourth-order valence-electron chi connectivity index (χ4n) is 1.06. The van der Waals surface area contributed by atoms with Crippen LogP contribution in [0, 0.1) is 17.1 Å². The first-order valence-electron chi connectivity index (χ1n) is 4.21. The zero-order valence-electron chi connectivity index (χ0n) is 7.77. The summed E-state index contributed by atoms with van der Waals surface area (Å²) in [6.07, 6.45) is 3.40. The van der Waals surface area contributed by atoms with E-state index in [2.05, 4.69) is 0 Å². The Hall–Kier alpha value is -2.15. The molecule has 1 rings (SSSR count). The Morgan fingerprint density at radius 3 is 2.93 bits per heavy atom. The van der Waals surface area contributed by atoms with Crippen molar-refractivity contribution in [2.45, 2.75) is 6.42 Å². The SMILES string of the molecule is N#CCC=Cc1ccc(F)c(C(=O)O)c1. The number of rotatable bonds is 3. The minimum Gasteiger partial charge on any atom is -0.478 e. The van der Waals surface area contributed by atoms with Crippen LogP contribution >= 0.6 is 0 Å². The molecule has 0 spiro atoms. The lowest BCUT2D eigenvalue weighted by molar-refractivity contribution is 0.0692. The molecule has 0 aliphatic carbocycles. The van der Waals surface area contributed by atoms with Gasteiger partial charge in [-0.05, 0) is 17.7 Å². The Morgan fingerprint density at radius 1 is 1.60 bits per heavy atom. The second kappa shape index (κ2) is 4.91. The van der Waals surface area contributed by atoms with Crippen molar-refractivity contribution in [3.63, 3.8) is 0 Å². The van der Waals surface area contributed by atoms with Gasteiger partial charge < -0.3 is 5.11 Å². The van der Waals surface area contributed by atoms with Crippen molar-refractivity contribution >= 4 is 12.0 Å². The molecule has 0 aliphatic rings. The third-order valence-corrected chi connectivity index (χ3v) is 1.74. The van der Waals surface area contributed by atoms with Gasteiger partial charge in [-0.1, -0.05) is 18.2 Å². The summed E-state index contributed by atoms with van der Waals surface area (Å²) in [5.41, 5.74) is 0.193. The number of carboxylic acids is 1. The minimum atomic E-state index is -1.30. The molecule has 0 bridgehead atoms. The maximum atomic E-state index is 13.0. The van der Waals surface area contributed by atoms with E-state index in [1.54, 1.807) is 12.2 Å². The van der Waals surface area contributed by atoms with Crippen molar-refractivity contribution in [3.8, 4) is 6.07 Å². The fraction of sp³-hybridized carbons (Fsp3) is 0.0909. The van der Waals surface area contributed by atoms with Crippen molar-refractivity contribution in [2.75, 3.05) is 0 Å². The van der Waals surface area contributed by atoms with Crippen LogP contribution in [0.2, 0.25) is 0 Å². The lowest BCUT2D eigenvalue weighted by atomic mass is 10.1. The van der Waals surface area contributed by atoms with Gasteiger partial charge in [0, 0.05) is 0 Å². The average Bonchev–Trinajstić information content (AvgIpc) is 2.20. The molecule has 0 atom stereocenters. The number of hydrogen-bond donors (Lipinski definition) is 1. The normalized spacial score (nSPS) is 10.1. The topological polar surface area (TPSA) is 61.1 Å². The van der Waals surface area contributed by atoms with Crippen molar-refractivity contribution in [1.82, 2.24) is 0 Å². The van der Waals surface area contributed by atoms with Crippen LogP contribution in [-0.2, 0) is 0 Å². The summed E-state index contributed by atoms with van der Waals surface area (Å²) < 4.78 is 13.0. The van der Waals surface area contributed by atoms with Gasteiger partial charge in [-0.25, -0.2) is 9.18 Å². The molecule has 76 valence electrons. The summed E-state index contributed by atoms with van der Waals surface area (Å²) in [7, 11) is 0. The number of carbonyl (C=O) groups is 1. The van der Waals surface area contributed by atoms with Gasteiger partial charge in [-0.2, -0.15) is 5.26 Å². The van der Waals surface area contributed by atoms with Crippen molar-refractivity contribution in [2.24, 2.45) is 0 Å². The number of benzene rings is 1. The lowest BCUT2D eigenvalue weighted by Crippen LogP contribution is -2.00. The highest BCUT2D eigenvalue weighted by atomic mass is 19.1. The Morgan fingerprint density at radius 2 is 2.33 bits per heavy atom. The molecule has 0 unspecified atom stereocenters. The van der Waals surface area contributed by atoms with Crippen molar-refractivity contribution in [1.29, 1.82) is 5.26 Å². The third-order valence-electron chi connectivity index (χ3n) is 1.74. The van der Waals surface area contributed by atoms with Crippen LogP contribution in [0.1, 0.15) is 22.3 Å². The molecule has 0 saturated carbocycles. The van der Waals surface area contributed by atoms with Gasteiger partial charge in [0.2, 0.25) is 0 Å². The van der Waals surface area contributed by atoms with Gasteiger partial charge in [0.05, 0.1) is 18.1 Å². The van der Waals surface area contributed by atoms with E-state index in [0.717, 1.165) is 6.07 Å². The number of allylic oxidation sites excluding steroid dienone is 1. The summed E-state index contributed by atoms with van der Waals surface area (Å²) in [6.45, 7) is 0. The van der Waals surface area contributed by atoms with Crippen LogP contribution in [0.5, 0.6) is 0 Å². The first-order chi connectivity index (χ1) is 7.15. The molecule has 0 aromatic heterocycles. The summed E-state index contributed by atoms with van der Waals surface area (Å²) in [5, 5.41) is 16.9. The van der Waals surface area contributed by atoms with E-state index in [1.807, 2.05) is 6.07 Å². The van der Waals surface area contributed by atoms with Gasteiger partial charge >= 0.3 is 5.97 Å². The second-order valence-corrected chi connectivity index (χ2v) is 2.81. The smallest absolute Gasteiger partial charge is 0.338 e. The van der Waals surface area contributed by atoms with Gasteiger partial charge in [-0.15, -0.1) is 0 Å². The zero-order valence-corrected chi connectivity index (χ0v) is 7.77. The summed E-state index contributed by atoms with van der Waals surface area (Å²) in [4.78, 5) is 10.6. The minimum absolute atomic E-state index is 0.236. The van der Waals surface area contributed by atoms with Crippen molar-refractivity contribution < 1.29 is 14.3 Å². The molecule has 1 aromatic carbocycles. The summed E-state index contributed by atoms with van der Waals surface area (Å²) in [6, 6.07) is 5.68. The van der Waals surface area contributed by atoms with Gasteiger partial charge in [0.15, 0.2) is 0 Å². The van der Waals surface area contributed by atoms with Crippen LogP contribution in [0.15, 0.2) is 24.3 Å². The molecule has 3 nitrogen and oxygen atoms in total. The zero-order chi connectivity index (χ0) is 11.3. The van der Waals surface area contributed by atoms with E-state index in [-0.39, 0.29) is 12.0 Å². The fourth-order valence-corrected chi connectivity index (χ4v) is 1.06. The van der Waals surface area contributed by atoms with E-state index in [9.17, 15) is 9.18 Å². The standard InChI is InChI=1S/C11H8FNO2/c12-10-5-4-8(3-1-2-6-13)7-9(10)11(14)15/h1,3-5,7H,2H2,(H,14,15). The Labute approximate surface area is 86.1 Å². The maximum absolute atomic E-state index is 13.0. The van der Waals surface area contributed by atoms with E-state index >= 15 is 0 Å². The van der Waals surface area contributed by atoms with E-state index < -0.39 is 11.8 Å². The Kier molecular flexibility index (Phi) is 3.58. The summed E-state index contributed by atoms with van der Waals surface area (Å²) in [5.74, 6) is -2.07. The largest absolute Gasteiger partial charge is 0.478 e. The highest BCUT2D eigenvalue weighted by Gasteiger charge is 2.09. The monoisotopic (exact) mass is 205 g/mol. The van der Waals surface area contributed by atoms with Crippen LogP contribution in [0.4, 0.5) is 4.39 Å². The number of nitriles is 1. The number of carboxylic acid groups (broad SMARTS) is 1. The number of hydrogen-bond acceptors (Lipinski definition) is 2. The predicted molar refractivity (Wildman–Crippen MR) is 52.6 cm³/mol. The Bertz CT molecular complexity index is 446. The van der Waals surface area contributed by atoms with Gasteiger partial charge in [-0.3, -0.25) is 0 Å². The quantitative estimate of drug-likeness (QED) is 0.824. The molecule has 0 heterocycles. The molecule has 0 fully saturated rings. The highest BCUT2D eigenvalue weighted by Crippen LogP contribution is 2.12. The van der Waals surface area contributed by atoms with Crippen LogP contribution < -0.4 is 0 Å². The second-order valence-electron chi connectivity index (χ2n) is 2.81. The first kappa shape index (κ1) is 10.9. The molecule has 0 aliphatic heterocycles. The van der Waals surface area contributed by atoms with Crippen LogP contribution in [-0.4, -0.2) is 11.1 Å². The number of aromatic carboxylic acids is 1. The average molecular weight is 205 g/mol. The third kappa shape index (κ3) is 2.92. The molecular formula is C11H8FNO2. The van der Waals surface area contributed by atoms with Crippen molar-refractivity contribution in [3.05, 3.63) is 41.2 Å². The Balaban J connectivity index is 2.98. The van der Waals surface area contributed by atoms with E-state index in [4.69, 9.17) is 10.4 Å². The molecule has 1 aromatic rings. The lowest BCUT2D eigenvalue weighted by Gasteiger charge is -1.98. The van der Waals surface area contributed by atoms with Crippen LogP contribution in [0.3, 0.4) is 0 Å². The van der Waals surface area contributed by atoms with Gasteiger partial charge in [0.25, 0.3) is 0 Å². The van der Waals surface area contributed by atoms with E-state index in [1.165, 1.54) is 12.1 Å².